The van der Waals surface area contributed by atoms with Crippen molar-refractivity contribution in [2.45, 2.75) is 57.8 Å². The Morgan fingerprint density at radius 2 is 1.48 bits per heavy atom. The summed E-state index contributed by atoms with van der Waals surface area (Å²) in [6.07, 6.45) is 11.8. The maximum absolute atomic E-state index is 6.16. The number of hydrogen-bond donors (Lipinski definition) is 0. The van der Waals surface area contributed by atoms with E-state index in [9.17, 15) is 0 Å². The molecule has 0 spiro atoms. The largest absolute Gasteiger partial charge is 0.501 e. The maximum atomic E-state index is 6.16. The molecule has 0 atom stereocenters. The van der Waals surface area contributed by atoms with Gasteiger partial charge in [-0.2, -0.15) is 0 Å². The van der Waals surface area contributed by atoms with Crippen LogP contribution in [0.1, 0.15) is 62.6 Å². The van der Waals surface area contributed by atoms with Gasteiger partial charge in [0.2, 0.25) is 0 Å². The normalized spacial score (nSPS) is 13.5. The van der Waals surface area contributed by atoms with Crippen LogP contribution in [0.4, 0.5) is 0 Å². The fourth-order valence-corrected chi connectivity index (χ4v) is 6.86. The molecule has 1 fully saturated rings. The Balaban J connectivity index is 0.000000168. The van der Waals surface area contributed by atoms with E-state index >= 15 is 0 Å². The van der Waals surface area contributed by atoms with Crippen molar-refractivity contribution < 1.29 is 24.5 Å². The first-order valence-electron chi connectivity index (χ1n) is 16.8. The second kappa shape index (κ2) is 15.2. The molecule has 243 valence electrons. The molecule has 1 aliphatic rings. The summed E-state index contributed by atoms with van der Waals surface area (Å²) in [4.78, 5) is 9.00. The van der Waals surface area contributed by atoms with E-state index in [2.05, 4.69) is 115 Å². The molecule has 0 bridgehead atoms. The van der Waals surface area contributed by atoms with Crippen LogP contribution in [-0.2, 0) is 31.9 Å². The van der Waals surface area contributed by atoms with Crippen LogP contribution in [0, 0.1) is 18.1 Å². The molecule has 0 amide bonds. The summed E-state index contributed by atoms with van der Waals surface area (Å²) >= 11 is 0. The van der Waals surface area contributed by atoms with Crippen LogP contribution in [0.3, 0.4) is 0 Å². The summed E-state index contributed by atoms with van der Waals surface area (Å²) in [6.45, 7) is 4.48. The molecule has 4 heteroatoms. The van der Waals surface area contributed by atoms with Gasteiger partial charge in [0.1, 0.15) is 5.58 Å². The minimum atomic E-state index is -0.0274. The number of fused-ring (bicyclic) bond motifs is 3. The van der Waals surface area contributed by atoms with E-state index in [0.29, 0.717) is 0 Å². The number of hydrogen-bond acceptors (Lipinski definition) is 3. The quantitative estimate of drug-likeness (QED) is 0.157. The maximum Gasteiger partial charge on any atom is 0.120 e. The summed E-state index contributed by atoms with van der Waals surface area (Å²) in [6, 6.07) is 46.2. The van der Waals surface area contributed by atoms with E-state index < -0.39 is 0 Å². The van der Waals surface area contributed by atoms with Crippen LogP contribution in [0.2, 0.25) is 0 Å². The minimum Gasteiger partial charge on any atom is -0.501 e. The molecule has 0 aliphatic heterocycles. The van der Waals surface area contributed by atoms with E-state index in [4.69, 9.17) is 4.42 Å². The van der Waals surface area contributed by atoms with Crippen molar-refractivity contribution in [2.24, 2.45) is 5.92 Å². The molecule has 1 radical (unpaired) electrons. The van der Waals surface area contributed by atoms with Gasteiger partial charge in [0, 0.05) is 37.9 Å². The van der Waals surface area contributed by atoms with Gasteiger partial charge in [-0.1, -0.05) is 129 Å². The Kier molecular flexibility index (Phi) is 10.6. The molecular formula is C44H40IrN2O-2. The molecule has 3 aromatic heterocycles. The molecule has 1 saturated carbocycles. The van der Waals surface area contributed by atoms with Crippen molar-refractivity contribution in [3.63, 3.8) is 0 Å². The first kappa shape index (κ1) is 33.5. The molecule has 8 rings (SSSR count). The molecule has 7 aromatic rings. The zero-order valence-electron chi connectivity index (χ0n) is 27.6. The number of rotatable bonds is 6. The predicted molar refractivity (Wildman–Crippen MR) is 193 cm³/mol. The summed E-state index contributed by atoms with van der Waals surface area (Å²) in [5.74, 6) is 0.824. The van der Waals surface area contributed by atoms with Gasteiger partial charge in [0.25, 0.3) is 0 Å². The fraction of sp³-hybridized carbons (Fsp3) is 0.227. The van der Waals surface area contributed by atoms with E-state index in [1.54, 1.807) is 0 Å². The Morgan fingerprint density at radius 3 is 2.25 bits per heavy atom. The number of nitrogens with zero attached hydrogens (tertiary/aromatic N) is 2. The Hall–Kier alpha value is -4.37. The van der Waals surface area contributed by atoms with Crippen LogP contribution in [0.5, 0.6) is 0 Å². The molecular weight excluding hydrogens is 765 g/mol. The third-order valence-electron chi connectivity index (χ3n) is 9.64. The Morgan fingerprint density at radius 1 is 0.708 bits per heavy atom. The molecule has 0 unspecified atom stereocenters. The van der Waals surface area contributed by atoms with Crippen molar-refractivity contribution in [1.29, 1.82) is 0 Å². The van der Waals surface area contributed by atoms with Gasteiger partial charge in [0.15, 0.2) is 0 Å². The standard InChI is InChI=1S/C24H22NO.C20H18N.Ir/c1-2-7-17(8-3-1)15-18-13-14-25-22(16-18)21-11-6-10-20-19-9-4-5-12-23(19)26-24(20)21;1-20(2,17-8-4-3-5-9-17)18-13-11-16(12-14-18)19-10-6-7-15-21-19;/h4-6,9-10,12-14,16-17H,1-3,7-8,15H2;3-11,13-15H,1-2H3;/q2*-1;. The fourth-order valence-electron chi connectivity index (χ4n) is 6.86. The van der Waals surface area contributed by atoms with Gasteiger partial charge < -0.3 is 14.4 Å². The number of furan rings is 1. The summed E-state index contributed by atoms with van der Waals surface area (Å²) in [7, 11) is 0. The van der Waals surface area contributed by atoms with Crippen LogP contribution >= 0.6 is 0 Å². The summed E-state index contributed by atoms with van der Waals surface area (Å²) in [5.41, 5.74) is 9.64. The first-order chi connectivity index (χ1) is 23.1. The molecule has 4 aromatic carbocycles. The molecule has 0 saturated heterocycles. The van der Waals surface area contributed by atoms with Gasteiger partial charge in [-0.3, -0.25) is 0 Å². The van der Waals surface area contributed by atoms with Crippen molar-refractivity contribution in [3.8, 4) is 22.5 Å². The molecule has 1 aliphatic carbocycles. The average molecular weight is 805 g/mol. The van der Waals surface area contributed by atoms with Crippen LogP contribution in [-0.4, -0.2) is 9.97 Å². The summed E-state index contributed by atoms with van der Waals surface area (Å²) < 4.78 is 6.16. The van der Waals surface area contributed by atoms with Gasteiger partial charge in [-0.05, 0) is 52.9 Å². The Labute approximate surface area is 297 Å². The third-order valence-corrected chi connectivity index (χ3v) is 9.64. The predicted octanol–water partition coefficient (Wildman–Crippen LogP) is 11.4. The monoisotopic (exact) mass is 805 g/mol. The van der Waals surface area contributed by atoms with Gasteiger partial charge >= 0.3 is 0 Å². The topological polar surface area (TPSA) is 38.9 Å². The second-order valence-electron chi connectivity index (χ2n) is 13.1. The average Bonchev–Trinajstić information content (AvgIpc) is 3.52. The minimum absolute atomic E-state index is 0. The van der Waals surface area contributed by atoms with Crippen molar-refractivity contribution in [1.82, 2.24) is 9.97 Å². The smallest absolute Gasteiger partial charge is 0.120 e. The zero-order valence-corrected chi connectivity index (χ0v) is 30.0. The molecule has 3 heterocycles. The summed E-state index contributed by atoms with van der Waals surface area (Å²) in [5, 5.41) is 2.28. The SMILES string of the molecule is CC(C)(c1c[c-]c(-c2ccccn2)cc1)c1ccccc1.[Ir].[c-]1ccc2c(oc3ccccc32)c1-c1cc(CC2CCCCC2)ccn1. The van der Waals surface area contributed by atoms with E-state index in [1.165, 1.54) is 48.8 Å². The van der Waals surface area contributed by atoms with Gasteiger partial charge in [0.05, 0.1) is 5.58 Å². The van der Waals surface area contributed by atoms with Crippen LogP contribution in [0.25, 0.3) is 44.5 Å². The number of pyridine rings is 2. The van der Waals surface area contributed by atoms with Crippen molar-refractivity contribution >= 4 is 21.9 Å². The number of para-hydroxylation sites is 1. The number of benzene rings is 4. The molecule has 3 nitrogen and oxygen atoms in total. The van der Waals surface area contributed by atoms with Gasteiger partial charge in [-0.15, -0.1) is 53.6 Å². The van der Waals surface area contributed by atoms with Crippen molar-refractivity contribution in [2.75, 3.05) is 0 Å². The van der Waals surface area contributed by atoms with Crippen LogP contribution in [0.15, 0.2) is 132 Å². The Bertz CT molecular complexity index is 2060. The van der Waals surface area contributed by atoms with Gasteiger partial charge in [-0.25, -0.2) is 0 Å². The van der Waals surface area contributed by atoms with Crippen LogP contribution < -0.4 is 0 Å². The third kappa shape index (κ3) is 7.36. The van der Waals surface area contributed by atoms with E-state index in [-0.39, 0.29) is 25.5 Å². The zero-order chi connectivity index (χ0) is 32.1. The number of aromatic nitrogens is 2. The van der Waals surface area contributed by atoms with Crippen molar-refractivity contribution in [3.05, 3.63) is 156 Å². The second-order valence-corrected chi connectivity index (χ2v) is 13.1. The van der Waals surface area contributed by atoms with E-state index in [1.807, 2.05) is 48.8 Å². The first-order valence-corrected chi connectivity index (χ1v) is 16.8. The molecule has 48 heavy (non-hydrogen) atoms. The molecule has 0 N–H and O–H groups in total. The van der Waals surface area contributed by atoms with E-state index in [0.717, 1.165) is 56.8 Å².